The molecule has 2 aliphatic heterocycles. The van der Waals surface area contributed by atoms with Crippen molar-refractivity contribution in [1.82, 2.24) is 0 Å². The fraction of sp³-hybridized carbons (Fsp3) is 0.667. The van der Waals surface area contributed by atoms with E-state index in [-0.39, 0.29) is 58.1 Å². The third kappa shape index (κ3) is 3.47. The van der Waals surface area contributed by atoms with Crippen molar-refractivity contribution in [3.63, 3.8) is 0 Å². The van der Waals surface area contributed by atoms with Gasteiger partial charge >= 0.3 is 5.97 Å². The molecule has 35 heavy (non-hydrogen) atoms. The van der Waals surface area contributed by atoms with Crippen LogP contribution < -0.4 is 14.8 Å². The average Bonchev–Trinajstić information content (AvgIpc) is 3.20. The molecule has 1 aromatic carbocycles. The molecule has 0 unspecified atom stereocenters. The summed E-state index contributed by atoms with van der Waals surface area (Å²) in [5, 5.41) is 2.86. The van der Waals surface area contributed by atoms with E-state index in [4.69, 9.17) is 18.9 Å². The second kappa shape index (κ2) is 8.22. The van der Waals surface area contributed by atoms with E-state index in [0.717, 1.165) is 25.7 Å². The van der Waals surface area contributed by atoms with Crippen LogP contribution in [0.5, 0.6) is 11.5 Å². The molecule has 6 atom stereocenters. The highest BCUT2D eigenvalue weighted by Gasteiger charge is 2.72. The van der Waals surface area contributed by atoms with Crippen molar-refractivity contribution >= 4 is 23.3 Å². The normalized spacial score (nSPS) is 36.6. The second-order valence-corrected chi connectivity index (χ2v) is 11.2. The second-order valence-electron chi connectivity index (χ2n) is 11.2. The van der Waals surface area contributed by atoms with Gasteiger partial charge in [-0.1, -0.05) is 6.92 Å². The largest absolute Gasteiger partial charge is 0.494 e. The van der Waals surface area contributed by atoms with E-state index < -0.39 is 11.4 Å². The van der Waals surface area contributed by atoms with Gasteiger partial charge < -0.3 is 24.3 Å². The summed E-state index contributed by atoms with van der Waals surface area (Å²) in [5.41, 5.74) is -0.0307. The maximum atomic E-state index is 13.3. The SMILES string of the molecule is COC(=O)c1ccc(OC)c(NC(=O)CC[C@]2(C)C(=O)CC[C@]34C[C@H]5C[C@H](O[C@@]5(C)C3)[C@H]42)c1OC. The molecule has 3 saturated carbocycles. The lowest BCUT2D eigenvalue weighted by Crippen LogP contribution is -2.58. The molecule has 0 radical (unpaired) electrons. The molecular weight excluding hydrogens is 450 g/mol. The number of amides is 1. The van der Waals surface area contributed by atoms with Crippen LogP contribution in [0, 0.1) is 22.7 Å². The Kier molecular flexibility index (Phi) is 5.66. The lowest BCUT2D eigenvalue weighted by atomic mass is 9.48. The van der Waals surface area contributed by atoms with Gasteiger partial charge in [0.15, 0.2) is 5.75 Å². The lowest BCUT2D eigenvalue weighted by molar-refractivity contribution is -0.191. The smallest absolute Gasteiger partial charge is 0.341 e. The maximum absolute atomic E-state index is 13.3. The van der Waals surface area contributed by atoms with Crippen LogP contribution in [0.2, 0.25) is 0 Å². The molecule has 1 spiro atoms. The van der Waals surface area contributed by atoms with Crippen LogP contribution in [0.15, 0.2) is 12.1 Å². The molecule has 8 heteroatoms. The van der Waals surface area contributed by atoms with Crippen LogP contribution in [-0.4, -0.2) is 50.7 Å². The van der Waals surface area contributed by atoms with Gasteiger partial charge in [-0.05, 0) is 62.5 Å². The Morgan fingerprint density at radius 1 is 1.17 bits per heavy atom. The zero-order valence-electron chi connectivity index (χ0n) is 21.2. The van der Waals surface area contributed by atoms with E-state index in [1.165, 1.54) is 27.4 Å². The van der Waals surface area contributed by atoms with Gasteiger partial charge in [0.05, 0.1) is 33.0 Å². The topological polar surface area (TPSA) is 100 Å². The van der Waals surface area contributed by atoms with Gasteiger partial charge in [0, 0.05) is 24.2 Å². The van der Waals surface area contributed by atoms with Gasteiger partial charge in [-0.15, -0.1) is 0 Å². The quantitative estimate of drug-likeness (QED) is 0.579. The zero-order valence-corrected chi connectivity index (χ0v) is 21.2. The minimum Gasteiger partial charge on any atom is -0.494 e. The van der Waals surface area contributed by atoms with Crippen molar-refractivity contribution in [2.24, 2.45) is 22.7 Å². The number of carbonyl (C=O) groups is 3. The van der Waals surface area contributed by atoms with Crippen molar-refractivity contribution < 1.29 is 33.3 Å². The van der Waals surface area contributed by atoms with E-state index in [1.54, 1.807) is 6.07 Å². The molecule has 6 rings (SSSR count). The van der Waals surface area contributed by atoms with Crippen LogP contribution in [0.4, 0.5) is 5.69 Å². The fourth-order valence-corrected chi connectivity index (χ4v) is 8.06. The van der Waals surface area contributed by atoms with E-state index >= 15 is 0 Å². The number of esters is 1. The Labute approximate surface area is 206 Å². The summed E-state index contributed by atoms with van der Waals surface area (Å²) in [7, 11) is 4.18. The first kappa shape index (κ1) is 24.1. The Morgan fingerprint density at radius 2 is 1.94 bits per heavy atom. The summed E-state index contributed by atoms with van der Waals surface area (Å²) in [4.78, 5) is 38.7. The summed E-state index contributed by atoms with van der Waals surface area (Å²) in [6, 6.07) is 3.12. The highest BCUT2D eigenvalue weighted by atomic mass is 16.5. The summed E-state index contributed by atoms with van der Waals surface area (Å²) < 4.78 is 22.2. The number of hydrogen-bond donors (Lipinski definition) is 1. The number of ether oxygens (including phenoxy) is 4. The predicted molar refractivity (Wildman–Crippen MR) is 128 cm³/mol. The summed E-state index contributed by atoms with van der Waals surface area (Å²) in [5.74, 6) is 0.686. The minimum absolute atomic E-state index is 0.0440. The van der Waals surface area contributed by atoms with E-state index in [1.807, 2.05) is 6.92 Å². The summed E-state index contributed by atoms with van der Waals surface area (Å²) in [6.07, 6.45) is 5.41. The molecule has 1 aromatic rings. The fourth-order valence-electron chi connectivity index (χ4n) is 8.06. The Bertz CT molecular complexity index is 1090. The first-order chi connectivity index (χ1) is 16.6. The zero-order chi connectivity index (χ0) is 25.2. The van der Waals surface area contributed by atoms with Crippen molar-refractivity contribution in [2.45, 2.75) is 70.5 Å². The van der Waals surface area contributed by atoms with Gasteiger partial charge in [-0.2, -0.15) is 0 Å². The van der Waals surface area contributed by atoms with Gasteiger partial charge in [-0.25, -0.2) is 4.79 Å². The molecule has 190 valence electrons. The van der Waals surface area contributed by atoms with Crippen molar-refractivity contribution in [1.29, 1.82) is 0 Å². The maximum Gasteiger partial charge on any atom is 0.341 e. The van der Waals surface area contributed by atoms with Crippen LogP contribution >= 0.6 is 0 Å². The summed E-state index contributed by atoms with van der Waals surface area (Å²) in [6.45, 7) is 4.29. The van der Waals surface area contributed by atoms with Crippen molar-refractivity contribution in [2.75, 3.05) is 26.6 Å². The third-order valence-electron chi connectivity index (χ3n) is 9.45. The highest BCUT2D eigenvalue weighted by Crippen LogP contribution is 2.73. The van der Waals surface area contributed by atoms with E-state index in [0.29, 0.717) is 24.5 Å². The number of rotatable bonds is 7. The predicted octanol–water partition coefficient (Wildman–Crippen LogP) is 4.15. The molecule has 3 aliphatic carbocycles. The Balaban J connectivity index is 1.36. The molecule has 5 fully saturated rings. The van der Waals surface area contributed by atoms with Crippen LogP contribution in [0.3, 0.4) is 0 Å². The molecule has 4 bridgehead atoms. The van der Waals surface area contributed by atoms with Crippen molar-refractivity contribution in [3.05, 3.63) is 17.7 Å². The van der Waals surface area contributed by atoms with Crippen LogP contribution in [0.25, 0.3) is 0 Å². The molecular formula is C27H35NO7. The molecule has 2 saturated heterocycles. The Hall–Kier alpha value is -2.61. The van der Waals surface area contributed by atoms with E-state index in [9.17, 15) is 14.4 Å². The number of nitrogens with one attached hydrogen (secondary N) is 1. The molecule has 5 aliphatic rings. The van der Waals surface area contributed by atoms with E-state index in [2.05, 4.69) is 12.2 Å². The number of anilines is 1. The number of hydrogen-bond acceptors (Lipinski definition) is 7. The monoisotopic (exact) mass is 485 g/mol. The van der Waals surface area contributed by atoms with Gasteiger partial charge in [0.1, 0.15) is 22.8 Å². The molecule has 8 nitrogen and oxygen atoms in total. The third-order valence-corrected chi connectivity index (χ3v) is 9.45. The standard InChI is InChI=1S/C27H35NO7/c1-25(19(29)8-11-27-13-15-12-18(23(25)27)35-26(15,2)14-27)10-9-20(30)28-21-17(32-3)7-6-16(22(21)33-4)24(31)34-5/h6-7,15,18,23H,8-14H2,1-5H3,(H,28,30)/t15-,18+,23+,25-,26+,27+/m1/s1. The minimum atomic E-state index is -0.598. The number of benzene rings is 1. The molecule has 1 amide bonds. The number of Topliss-reactive ketones (excluding diaryl/α,β-unsaturated/α-hetero) is 1. The lowest BCUT2D eigenvalue weighted by Gasteiger charge is -2.57. The van der Waals surface area contributed by atoms with Crippen LogP contribution in [-0.2, 0) is 19.1 Å². The van der Waals surface area contributed by atoms with Gasteiger partial charge in [0.25, 0.3) is 0 Å². The van der Waals surface area contributed by atoms with Gasteiger partial charge in [0.2, 0.25) is 5.91 Å². The first-order valence-electron chi connectivity index (χ1n) is 12.4. The molecule has 0 aromatic heterocycles. The Morgan fingerprint density at radius 3 is 2.60 bits per heavy atom. The number of ketones is 1. The number of methoxy groups -OCH3 is 3. The molecule has 1 N–H and O–H groups in total. The van der Waals surface area contributed by atoms with Gasteiger partial charge in [-0.3, -0.25) is 9.59 Å². The highest BCUT2D eigenvalue weighted by molar-refractivity contribution is 6.00. The number of carbonyl (C=O) groups excluding carboxylic acids is 3. The van der Waals surface area contributed by atoms with Crippen molar-refractivity contribution in [3.8, 4) is 11.5 Å². The first-order valence-corrected chi connectivity index (χ1v) is 12.4. The average molecular weight is 486 g/mol. The summed E-state index contributed by atoms with van der Waals surface area (Å²) >= 11 is 0. The van der Waals surface area contributed by atoms with Crippen LogP contribution in [0.1, 0.15) is 69.2 Å². The molecule has 2 heterocycles.